The molecule has 0 aliphatic heterocycles. The van der Waals surface area contributed by atoms with Crippen molar-refractivity contribution < 1.29 is 22.7 Å². The van der Waals surface area contributed by atoms with Gasteiger partial charge in [-0.25, -0.2) is 13.1 Å². The van der Waals surface area contributed by atoms with Crippen LogP contribution >= 0.6 is 0 Å². The molecule has 8 heteroatoms. The summed E-state index contributed by atoms with van der Waals surface area (Å²) in [5, 5.41) is 2.78. The van der Waals surface area contributed by atoms with Gasteiger partial charge in [-0.2, -0.15) is 0 Å². The smallest absolute Gasteiger partial charge is 0.250 e. The minimum Gasteiger partial charge on any atom is -0.383 e. The van der Waals surface area contributed by atoms with E-state index in [-0.39, 0.29) is 36.2 Å². The quantitative estimate of drug-likeness (QED) is 0.581. The number of rotatable bonds is 10. The number of hydrogen-bond donors (Lipinski definition) is 2. The molecular formula is C22H36N2O5S. The van der Waals surface area contributed by atoms with E-state index in [9.17, 15) is 13.2 Å². The molecule has 1 aliphatic rings. The van der Waals surface area contributed by atoms with Gasteiger partial charge in [0.25, 0.3) is 0 Å². The minimum absolute atomic E-state index is 0.00323. The van der Waals surface area contributed by atoms with Crippen molar-refractivity contribution >= 4 is 21.6 Å². The van der Waals surface area contributed by atoms with Crippen LogP contribution in [0.4, 0.5) is 5.69 Å². The summed E-state index contributed by atoms with van der Waals surface area (Å²) in [7, 11) is -2.12. The summed E-state index contributed by atoms with van der Waals surface area (Å²) < 4.78 is 38.2. The van der Waals surface area contributed by atoms with Crippen molar-refractivity contribution in [2.24, 2.45) is 17.8 Å². The van der Waals surface area contributed by atoms with E-state index in [2.05, 4.69) is 30.8 Å². The second-order valence-electron chi connectivity index (χ2n) is 8.73. The normalized spacial score (nSPS) is 23.3. The van der Waals surface area contributed by atoms with Gasteiger partial charge in [-0.1, -0.05) is 27.2 Å². The van der Waals surface area contributed by atoms with E-state index in [1.54, 1.807) is 19.1 Å². The molecule has 0 aromatic heterocycles. The molecule has 1 fully saturated rings. The molecule has 1 aliphatic carbocycles. The van der Waals surface area contributed by atoms with Crippen LogP contribution in [0.5, 0.6) is 0 Å². The predicted octanol–water partition coefficient (Wildman–Crippen LogP) is 3.42. The van der Waals surface area contributed by atoms with Crippen LogP contribution in [-0.4, -0.2) is 46.8 Å². The third-order valence-corrected chi connectivity index (χ3v) is 7.22. The highest BCUT2D eigenvalue weighted by atomic mass is 32.2. The molecule has 30 heavy (non-hydrogen) atoms. The Labute approximate surface area is 181 Å². The molecule has 4 atom stereocenters. The van der Waals surface area contributed by atoms with Gasteiger partial charge in [0.05, 0.1) is 17.6 Å². The van der Waals surface area contributed by atoms with Gasteiger partial charge in [0, 0.05) is 18.8 Å². The van der Waals surface area contributed by atoms with E-state index in [1.807, 2.05) is 0 Å². The summed E-state index contributed by atoms with van der Waals surface area (Å²) in [6, 6.07) is 5.75. The number of benzene rings is 1. The van der Waals surface area contributed by atoms with Crippen molar-refractivity contribution in [3.8, 4) is 0 Å². The molecule has 1 aromatic carbocycles. The second-order valence-corrected chi connectivity index (χ2v) is 10.4. The third-order valence-electron chi connectivity index (χ3n) is 5.61. The minimum atomic E-state index is -3.64. The summed E-state index contributed by atoms with van der Waals surface area (Å²) in [5.41, 5.74) is 0.532. The van der Waals surface area contributed by atoms with Gasteiger partial charge in [0.1, 0.15) is 6.61 Å². The first-order valence-electron chi connectivity index (χ1n) is 10.6. The SMILES string of the molecule is COC[C@H](C)NS(=O)(=O)c1ccc(NC(=O)CO[C@@H]2C[C@H](C)CC[C@H]2C(C)C)cc1. The zero-order chi connectivity index (χ0) is 22.3. The fraction of sp³-hybridized carbons (Fsp3) is 0.682. The van der Waals surface area contributed by atoms with Gasteiger partial charge in [-0.3, -0.25) is 4.79 Å². The number of hydrogen-bond acceptors (Lipinski definition) is 5. The molecule has 0 bridgehead atoms. The molecule has 0 heterocycles. The summed E-state index contributed by atoms with van der Waals surface area (Å²) in [6.07, 6.45) is 3.44. The van der Waals surface area contributed by atoms with E-state index in [0.717, 1.165) is 12.8 Å². The first-order valence-corrected chi connectivity index (χ1v) is 12.1. The van der Waals surface area contributed by atoms with Crippen LogP contribution in [0.3, 0.4) is 0 Å². The Hall–Kier alpha value is -1.48. The number of sulfonamides is 1. The maximum absolute atomic E-state index is 12.4. The molecule has 0 saturated heterocycles. The van der Waals surface area contributed by atoms with Gasteiger partial charge in [-0.15, -0.1) is 0 Å². The highest BCUT2D eigenvalue weighted by molar-refractivity contribution is 7.89. The largest absolute Gasteiger partial charge is 0.383 e. The first-order chi connectivity index (χ1) is 14.1. The Morgan fingerprint density at radius 3 is 2.43 bits per heavy atom. The molecule has 0 radical (unpaired) electrons. The summed E-state index contributed by atoms with van der Waals surface area (Å²) in [4.78, 5) is 12.5. The Kier molecular flexibility index (Phi) is 9.28. The number of amides is 1. The van der Waals surface area contributed by atoms with Crippen molar-refractivity contribution in [1.82, 2.24) is 4.72 Å². The predicted molar refractivity (Wildman–Crippen MR) is 118 cm³/mol. The molecule has 170 valence electrons. The standard InChI is InChI=1S/C22H36N2O5S/c1-15(2)20-11-6-16(3)12-21(20)29-14-22(25)23-18-7-9-19(10-8-18)30(26,27)24-17(4)13-28-5/h7-10,15-17,20-21,24H,6,11-14H2,1-5H3,(H,23,25)/t16-,17+,20+,21-/m1/s1. The van der Waals surface area contributed by atoms with Crippen molar-refractivity contribution in [2.45, 2.75) is 64.0 Å². The maximum Gasteiger partial charge on any atom is 0.250 e. The number of carbonyl (C=O) groups excluding carboxylic acids is 1. The van der Waals surface area contributed by atoms with E-state index >= 15 is 0 Å². The zero-order valence-corrected chi connectivity index (χ0v) is 19.5. The molecule has 7 nitrogen and oxygen atoms in total. The van der Waals surface area contributed by atoms with Crippen molar-refractivity contribution in [3.05, 3.63) is 24.3 Å². The lowest BCUT2D eigenvalue weighted by Crippen LogP contribution is -2.36. The number of nitrogens with one attached hydrogen (secondary N) is 2. The Balaban J connectivity index is 1.90. The van der Waals surface area contributed by atoms with Crippen LogP contribution in [0.2, 0.25) is 0 Å². The fourth-order valence-corrected chi connectivity index (χ4v) is 5.25. The number of ether oxygens (including phenoxy) is 2. The highest BCUT2D eigenvalue weighted by Gasteiger charge is 2.31. The molecule has 0 unspecified atom stereocenters. The van der Waals surface area contributed by atoms with Crippen molar-refractivity contribution in [2.75, 3.05) is 25.6 Å². The topological polar surface area (TPSA) is 93.7 Å². The van der Waals surface area contributed by atoms with Gasteiger partial charge in [0.2, 0.25) is 15.9 Å². The van der Waals surface area contributed by atoms with E-state index < -0.39 is 10.0 Å². The van der Waals surface area contributed by atoms with Gasteiger partial charge < -0.3 is 14.8 Å². The Morgan fingerprint density at radius 2 is 1.83 bits per heavy atom. The second kappa shape index (κ2) is 11.2. The molecule has 1 saturated carbocycles. The van der Waals surface area contributed by atoms with E-state index in [1.165, 1.54) is 25.7 Å². The number of methoxy groups -OCH3 is 1. The average Bonchev–Trinajstić information content (AvgIpc) is 2.66. The van der Waals surface area contributed by atoms with E-state index in [0.29, 0.717) is 23.4 Å². The van der Waals surface area contributed by atoms with Crippen LogP contribution in [-0.2, 0) is 24.3 Å². The average molecular weight is 441 g/mol. The third kappa shape index (κ3) is 7.34. The molecule has 2 N–H and O–H groups in total. The summed E-state index contributed by atoms with van der Waals surface area (Å²) >= 11 is 0. The van der Waals surface area contributed by atoms with Gasteiger partial charge >= 0.3 is 0 Å². The number of anilines is 1. The maximum atomic E-state index is 12.4. The molecular weight excluding hydrogens is 404 g/mol. The highest BCUT2D eigenvalue weighted by Crippen LogP contribution is 2.35. The molecule has 1 amide bonds. The van der Waals surface area contributed by atoms with Crippen LogP contribution in [0.1, 0.15) is 47.0 Å². The summed E-state index contributed by atoms with van der Waals surface area (Å²) in [5.74, 6) is 1.38. The van der Waals surface area contributed by atoms with Gasteiger partial charge in [-0.05, 0) is 61.8 Å². The lowest BCUT2D eigenvalue weighted by atomic mass is 9.75. The first kappa shape index (κ1) is 24.8. The lowest BCUT2D eigenvalue weighted by molar-refractivity contribution is -0.126. The molecule has 0 spiro atoms. The van der Waals surface area contributed by atoms with Crippen molar-refractivity contribution in [1.29, 1.82) is 0 Å². The Morgan fingerprint density at radius 1 is 1.17 bits per heavy atom. The monoisotopic (exact) mass is 440 g/mol. The van der Waals surface area contributed by atoms with Crippen LogP contribution < -0.4 is 10.0 Å². The van der Waals surface area contributed by atoms with Crippen LogP contribution in [0.15, 0.2) is 29.2 Å². The van der Waals surface area contributed by atoms with E-state index in [4.69, 9.17) is 9.47 Å². The number of carbonyl (C=O) groups is 1. The molecule has 1 aromatic rings. The molecule has 2 rings (SSSR count). The lowest BCUT2D eigenvalue weighted by Gasteiger charge is -2.37. The van der Waals surface area contributed by atoms with Crippen molar-refractivity contribution in [3.63, 3.8) is 0 Å². The zero-order valence-electron chi connectivity index (χ0n) is 18.7. The Bertz CT molecular complexity index is 779. The fourth-order valence-electron chi connectivity index (χ4n) is 4.02. The van der Waals surface area contributed by atoms with Crippen LogP contribution in [0.25, 0.3) is 0 Å². The van der Waals surface area contributed by atoms with Crippen LogP contribution in [0, 0.1) is 17.8 Å². The van der Waals surface area contributed by atoms with Gasteiger partial charge in [0.15, 0.2) is 0 Å². The summed E-state index contributed by atoms with van der Waals surface area (Å²) in [6.45, 7) is 8.65.